The van der Waals surface area contributed by atoms with Crippen LogP contribution in [0, 0.1) is 0 Å². The summed E-state index contributed by atoms with van der Waals surface area (Å²) in [6, 6.07) is 6.87. The Labute approximate surface area is 173 Å². The first kappa shape index (κ1) is 24.9. The molecule has 0 spiro atoms. The second kappa shape index (κ2) is 13.1. The molecule has 1 aromatic carbocycles. The van der Waals surface area contributed by atoms with E-state index >= 15 is 0 Å². The molecule has 0 aliphatic carbocycles. The number of nitrogens with zero attached hydrogens (tertiary/aromatic N) is 1. The van der Waals surface area contributed by atoms with Crippen LogP contribution in [0.1, 0.15) is 33.3 Å². The summed E-state index contributed by atoms with van der Waals surface area (Å²) in [6.45, 7) is 8.85. The molecular formula is C21H35N3O5. The van der Waals surface area contributed by atoms with Gasteiger partial charge in [0.05, 0.1) is 45.0 Å². The van der Waals surface area contributed by atoms with E-state index in [1.165, 1.54) is 4.90 Å². The normalized spacial score (nSPS) is 12.1. The first-order valence-corrected chi connectivity index (χ1v) is 9.95. The third kappa shape index (κ3) is 11.4. The Morgan fingerprint density at radius 3 is 2.34 bits per heavy atom. The number of aliphatic hydroxyl groups excluding tert-OH is 1. The Balaban J connectivity index is 2.35. The van der Waals surface area contributed by atoms with Crippen molar-refractivity contribution < 1.29 is 24.2 Å². The molecular weight excluding hydrogens is 374 g/mol. The minimum atomic E-state index is -0.786. The molecule has 0 fully saturated rings. The summed E-state index contributed by atoms with van der Waals surface area (Å²) >= 11 is 0. The first-order valence-electron chi connectivity index (χ1n) is 9.95. The summed E-state index contributed by atoms with van der Waals surface area (Å²) in [7, 11) is 1.60. The number of ether oxygens (including phenoxy) is 2. The number of anilines is 1. The van der Waals surface area contributed by atoms with E-state index in [-0.39, 0.29) is 37.2 Å². The van der Waals surface area contributed by atoms with Crippen LogP contribution in [0.3, 0.4) is 0 Å². The molecule has 29 heavy (non-hydrogen) atoms. The number of amides is 3. The monoisotopic (exact) mass is 409 g/mol. The van der Waals surface area contributed by atoms with Crippen molar-refractivity contribution >= 4 is 17.6 Å². The predicted molar refractivity (Wildman–Crippen MR) is 113 cm³/mol. The number of aliphatic hydroxyl groups is 1. The van der Waals surface area contributed by atoms with Crippen molar-refractivity contribution in [2.75, 3.05) is 38.7 Å². The molecule has 0 heterocycles. The molecule has 1 rings (SSSR count). The molecule has 1 aromatic rings. The van der Waals surface area contributed by atoms with Crippen LogP contribution in [0.2, 0.25) is 0 Å². The molecule has 0 bridgehead atoms. The second-order valence-electron chi connectivity index (χ2n) is 7.55. The minimum absolute atomic E-state index is 0.0384. The Kier molecular flexibility index (Phi) is 11.3. The quantitative estimate of drug-likeness (QED) is 0.459. The second-order valence-corrected chi connectivity index (χ2v) is 7.55. The Bertz CT molecular complexity index is 619. The molecule has 8 nitrogen and oxygen atoms in total. The number of carbonyl (C=O) groups excluding carboxylic acids is 2. The fourth-order valence-corrected chi connectivity index (χ4v) is 2.50. The summed E-state index contributed by atoms with van der Waals surface area (Å²) in [5.74, 6) is -0.0384. The Morgan fingerprint density at radius 2 is 1.76 bits per heavy atom. The van der Waals surface area contributed by atoms with Crippen molar-refractivity contribution in [1.82, 2.24) is 10.2 Å². The first-order chi connectivity index (χ1) is 13.7. The SMILES string of the molecule is CC(C)NC(=O)Cc1ccc(NC(=O)N(C)CC(O)COCCOC(C)C)cc1. The zero-order chi connectivity index (χ0) is 21.8. The molecule has 8 heteroatoms. The molecule has 0 radical (unpaired) electrons. The highest BCUT2D eigenvalue weighted by molar-refractivity contribution is 5.89. The van der Waals surface area contributed by atoms with Gasteiger partial charge in [-0.3, -0.25) is 4.79 Å². The van der Waals surface area contributed by atoms with Crippen LogP contribution in [-0.4, -0.2) is 73.6 Å². The maximum atomic E-state index is 12.3. The average molecular weight is 410 g/mol. The van der Waals surface area contributed by atoms with E-state index < -0.39 is 6.10 Å². The fourth-order valence-electron chi connectivity index (χ4n) is 2.50. The third-order valence-corrected chi connectivity index (χ3v) is 3.84. The highest BCUT2D eigenvalue weighted by atomic mass is 16.5. The van der Waals surface area contributed by atoms with Gasteiger partial charge in [-0.05, 0) is 45.4 Å². The maximum Gasteiger partial charge on any atom is 0.321 e. The average Bonchev–Trinajstić information content (AvgIpc) is 2.62. The molecule has 1 unspecified atom stereocenters. The van der Waals surface area contributed by atoms with E-state index in [1.54, 1.807) is 31.3 Å². The van der Waals surface area contributed by atoms with Crippen LogP contribution in [0.5, 0.6) is 0 Å². The number of benzene rings is 1. The molecule has 0 saturated heterocycles. The van der Waals surface area contributed by atoms with Gasteiger partial charge in [-0.1, -0.05) is 12.1 Å². The number of carbonyl (C=O) groups is 2. The lowest BCUT2D eigenvalue weighted by atomic mass is 10.1. The Morgan fingerprint density at radius 1 is 1.10 bits per heavy atom. The summed E-state index contributed by atoms with van der Waals surface area (Å²) in [4.78, 5) is 25.4. The number of hydrogen-bond acceptors (Lipinski definition) is 5. The third-order valence-electron chi connectivity index (χ3n) is 3.84. The Hall–Kier alpha value is -2.16. The number of hydrogen-bond donors (Lipinski definition) is 3. The van der Waals surface area contributed by atoms with Crippen LogP contribution >= 0.6 is 0 Å². The lowest BCUT2D eigenvalue weighted by molar-refractivity contribution is -0.120. The van der Waals surface area contributed by atoms with Gasteiger partial charge in [0.2, 0.25) is 5.91 Å². The van der Waals surface area contributed by atoms with E-state index in [9.17, 15) is 14.7 Å². The van der Waals surface area contributed by atoms with Gasteiger partial charge in [-0.15, -0.1) is 0 Å². The zero-order valence-electron chi connectivity index (χ0n) is 18.1. The van der Waals surface area contributed by atoms with Crippen LogP contribution in [-0.2, 0) is 20.7 Å². The van der Waals surface area contributed by atoms with Crippen molar-refractivity contribution in [3.8, 4) is 0 Å². The van der Waals surface area contributed by atoms with Gasteiger partial charge in [0.1, 0.15) is 0 Å². The highest BCUT2D eigenvalue weighted by Gasteiger charge is 2.14. The van der Waals surface area contributed by atoms with Gasteiger partial charge in [0.25, 0.3) is 0 Å². The molecule has 3 N–H and O–H groups in total. The zero-order valence-corrected chi connectivity index (χ0v) is 18.1. The van der Waals surface area contributed by atoms with Crippen LogP contribution in [0.4, 0.5) is 10.5 Å². The van der Waals surface area contributed by atoms with Crippen molar-refractivity contribution in [2.45, 2.75) is 52.4 Å². The predicted octanol–water partition coefficient (Wildman–Crippen LogP) is 2.02. The van der Waals surface area contributed by atoms with E-state index in [1.807, 2.05) is 27.7 Å². The summed E-state index contributed by atoms with van der Waals surface area (Å²) < 4.78 is 10.7. The van der Waals surface area contributed by atoms with E-state index in [2.05, 4.69) is 10.6 Å². The number of rotatable bonds is 12. The number of nitrogens with one attached hydrogen (secondary N) is 2. The van der Waals surface area contributed by atoms with Gasteiger partial charge in [-0.25, -0.2) is 4.79 Å². The fraction of sp³-hybridized carbons (Fsp3) is 0.619. The van der Waals surface area contributed by atoms with Crippen LogP contribution in [0.25, 0.3) is 0 Å². The van der Waals surface area contributed by atoms with E-state index in [4.69, 9.17) is 9.47 Å². The van der Waals surface area contributed by atoms with E-state index in [0.717, 1.165) is 5.56 Å². The molecule has 0 aromatic heterocycles. The van der Waals surface area contributed by atoms with Gasteiger partial charge in [0, 0.05) is 18.8 Å². The molecule has 3 amide bonds. The van der Waals surface area contributed by atoms with Gasteiger partial charge >= 0.3 is 6.03 Å². The summed E-state index contributed by atoms with van der Waals surface area (Å²) in [5, 5.41) is 15.6. The van der Waals surface area contributed by atoms with Crippen molar-refractivity contribution in [3.63, 3.8) is 0 Å². The standard InChI is InChI=1S/C21H35N3O5/c1-15(2)22-20(26)12-17-6-8-18(9-7-17)23-21(27)24(5)13-19(25)14-28-10-11-29-16(3)4/h6-9,15-16,19,25H,10-14H2,1-5H3,(H,22,26)(H,23,27). The molecule has 0 aliphatic rings. The van der Waals surface area contributed by atoms with Gasteiger partial charge in [-0.2, -0.15) is 0 Å². The van der Waals surface area contributed by atoms with Gasteiger partial charge < -0.3 is 30.1 Å². The topological polar surface area (TPSA) is 100 Å². The molecule has 0 aliphatic heterocycles. The largest absolute Gasteiger partial charge is 0.389 e. The van der Waals surface area contributed by atoms with Gasteiger partial charge in [0.15, 0.2) is 0 Å². The molecule has 1 atom stereocenters. The van der Waals surface area contributed by atoms with Crippen molar-refractivity contribution in [1.29, 1.82) is 0 Å². The highest BCUT2D eigenvalue weighted by Crippen LogP contribution is 2.11. The van der Waals surface area contributed by atoms with E-state index in [0.29, 0.717) is 25.3 Å². The lowest BCUT2D eigenvalue weighted by Crippen LogP contribution is -2.39. The summed E-state index contributed by atoms with van der Waals surface area (Å²) in [6.07, 6.45) is -0.350. The van der Waals surface area contributed by atoms with Crippen molar-refractivity contribution in [3.05, 3.63) is 29.8 Å². The van der Waals surface area contributed by atoms with Crippen molar-refractivity contribution in [2.24, 2.45) is 0 Å². The maximum absolute atomic E-state index is 12.3. The minimum Gasteiger partial charge on any atom is -0.389 e. The molecule has 0 saturated carbocycles. The van der Waals surface area contributed by atoms with Crippen LogP contribution < -0.4 is 10.6 Å². The summed E-state index contributed by atoms with van der Waals surface area (Å²) in [5.41, 5.74) is 1.48. The smallest absolute Gasteiger partial charge is 0.321 e. The number of likely N-dealkylation sites (N-methyl/N-ethyl adjacent to an activating group) is 1. The lowest BCUT2D eigenvalue weighted by Gasteiger charge is -2.21. The molecule has 164 valence electrons. The number of urea groups is 1. The van der Waals surface area contributed by atoms with Crippen LogP contribution in [0.15, 0.2) is 24.3 Å².